The van der Waals surface area contributed by atoms with Crippen molar-refractivity contribution in [2.75, 3.05) is 13.1 Å². The van der Waals surface area contributed by atoms with Gasteiger partial charge in [-0.2, -0.15) is 8.78 Å². The van der Waals surface area contributed by atoms with Crippen molar-refractivity contribution in [3.8, 4) is 0 Å². The van der Waals surface area contributed by atoms with Gasteiger partial charge >= 0.3 is 5.92 Å². The van der Waals surface area contributed by atoms with E-state index in [1.807, 2.05) is 0 Å². The number of hydrogen-bond donors (Lipinski definition) is 0. The van der Waals surface area contributed by atoms with Crippen molar-refractivity contribution in [1.82, 2.24) is 4.90 Å². The van der Waals surface area contributed by atoms with Crippen molar-refractivity contribution in [3.63, 3.8) is 0 Å². The second-order valence-electron chi connectivity index (χ2n) is 4.20. The van der Waals surface area contributed by atoms with Crippen molar-refractivity contribution in [3.05, 3.63) is 0 Å². The summed E-state index contributed by atoms with van der Waals surface area (Å²) in [4.78, 5) is 12.3. The van der Waals surface area contributed by atoms with Crippen LogP contribution >= 0.6 is 0 Å². The molecule has 1 rings (SSSR count). The van der Waals surface area contributed by atoms with Crippen molar-refractivity contribution in [1.29, 1.82) is 0 Å². The van der Waals surface area contributed by atoms with Gasteiger partial charge in [0, 0.05) is 12.0 Å². The number of piperidine rings is 1. The average Bonchev–Trinajstić information content (AvgIpc) is 2.18. The third-order valence-corrected chi connectivity index (χ3v) is 2.96. The molecule has 0 aromatic heterocycles. The van der Waals surface area contributed by atoms with Crippen LogP contribution in [0.2, 0.25) is 0 Å². The van der Waals surface area contributed by atoms with Crippen LogP contribution in [-0.4, -0.2) is 36.2 Å². The SMILES string of the molecule is CC(C)N1CCC(C(F)(F)C=O)CC1. The van der Waals surface area contributed by atoms with Gasteiger partial charge in [0.1, 0.15) is 0 Å². The van der Waals surface area contributed by atoms with Crippen LogP contribution in [0, 0.1) is 5.92 Å². The van der Waals surface area contributed by atoms with Crippen LogP contribution in [0.4, 0.5) is 8.78 Å². The first-order valence-corrected chi connectivity index (χ1v) is 5.05. The van der Waals surface area contributed by atoms with Gasteiger partial charge < -0.3 is 4.90 Å². The van der Waals surface area contributed by atoms with Gasteiger partial charge in [-0.1, -0.05) is 0 Å². The molecule has 82 valence electrons. The maximum absolute atomic E-state index is 13.0. The lowest BCUT2D eigenvalue weighted by atomic mass is 9.90. The molecule has 0 unspecified atom stereocenters. The van der Waals surface area contributed by atoms with Crippen LogP contribution in [-0.2, 0) is 4.79 Å². The fraction of sp³-hybridized carbons (Fsp3) is 0.900. The molecule has 1 heterocycles. The number of halogens is 2. The molecule has 1 saturated heterocycles. The molecule has 0 atom stereocenters. The number of likely N-dealkylation sites (tertiary alicyclic amines) is 1. The van der Waals surface area contributed by atoms with Crippen LogP contribution in [0.15, 0.2) is 0 Å². The van der Waals surface area contributed by atoms with Gasteiger partial charge in [0.2, 0.25) is 0 Å². The highest BCUT2D eigenvalue weighted by molar-refractivity contribution is 5.60. The van der Waals surface area contributed by atoms with Crippen molar-refractivity contribution >= 4 is 6.29 Å². The van der Waals surface area contributed by atoms with Gasteiger partial charge in [0.15, 0.2) is 6.29 Å². The summed E-state index contributed by atoms with van der Waals surface area (Å²) in [7, 11) is 0. The van der Waals surface area contributed by atoms with E-state index in [0.29, 0.717) is 32.0 Å². The molecule has 0 bridgehead atoms. The average molecular weight is 205 g/mol. The van der Waals surface area contributed by atoms with Gasteiger partial charge in [-0.3, -0.25) is 4.79 Å². The second-order valence-corrected chi connectivity index (χ2v) is 4.20. The van der Waals surface area contributed by atoms with Gasteiger partial charge in [-0.15, -0.1) is 0 Å². The highest BCUT2D eigenvalue weighted by Crippen LogP contribution is 2.31. The number of carbonyl (C=O) groups excluding carboxylic acids is 1. The molecule has 2 nitrogen and oxygen atoms in total. The first-order valence-electron chi connectivity index (χ1n) is 5.05. The summed E-state index contributed by atoms with van der Waals surface area (Å²) in [6.45, 7) is 5.45. The summed E-state index contributed by atoms with van der Waals surface area (Å²) in [6.07, 6.45) is 0.635. The Bertz CT molecular complexity index is 198. The lowest BCUT2D eigenvalue weighted by molar-refractivity contribution is -0.140. The molecule has 0 saturated carbocycles. The van der Waals surface area contributed by atoms with Crippen molar-refractivity contribution < 1.29 is 13.6 Å². The summed E-state index contributed by atoms with van der Waals surface area (Å²) in [5.41, 5.74) is 0. The quantitative estimate of drug-likeness (QED) is 0.656. The molecular weight excluding hydrogens is 188 g/mol. The molecule has 0 aromatic rings. The zero-order chi connectivity index (χ0) is 10.8. The van der Waals surface area contributed by atoms with Crippen LogP contribution in [0.5, 0.6) is 0 Å². The van der Waals surface area contributed by atoms with Crippen molar-refractivity contribution in [2.45, 2.75) is 38.7 Å². The standard InChI is InChI=1S/C10H17F2NO/c1-8(2)13-5-3-9(4-6-13)10(11,12)7-14/h7-9H,3-6H2,1-2H3. The van der Waals surface area contributed by atoms with Crippen LogP contribution in [0.3, 0.4) is 0 Å². The van der Waals surface area contributed by atoms with E-state index in [1.54, 1.807) is 0 Å². The summed E-state index contributed by atoms with van der Waals surface area (Å²) in [5, 5.41) is 0. The monoisotopic (exact) mass is 205 g/mol. The predicted molar refractivity (Wildman–Crippen MR) is 50.4 cm³/mol. The van der Waals surface area contributed by atoms with E-state index < -0.39 is 11.8 Å². The molecule has 14 heavy (non-hydrogen) atoms. The molecule has 0 aliphatic carbocycles. The normalized spacial score (nSPS) is 21.5. The zero-order valence-electron chi connectivity index (χ0n) is 8.67. The summed E-state index contributed by atoms with van der Waals surface area (Å²) in [5.74, 6) is -3.88. The fourth-order valence-electron chi connectivity index (χ4n) is 1.90. The molecule has 0 spiro atoms. The topological polar surface area (TPSA) is 20.3 Å². The molecule has 4 heteroatoms. The fourth-order valence-corrected chi connectivity index (χ4v) is 1.90. The molecule has 0 radical (unpaired) electrons. The Kier molecular flexibility index (Phi) is 3.59. The highest BCUT2D eigenvalue weighted by Gasteiger charge is 2.40. The van der Waals surface area contributed by atoms with E-state index in [2.05, 4.69) is 18.7 Å². The Labute approximate surface area is 83.3 Å². The summed E-state index contributed by atoms with van der Waals surface area (Å²) >= 11 is 0. The third kappa shape index (κ3) is 2.50. The Morgan fingerprint density at radius 3 is 2.21 bits per heavy atom. The van der Waals surface area contributed by atoms with Crippen LogP contribution in [0.25, 0.3) is 0 Å². The smallest absolute Gasteiger partial charge is 0.301 e. The van der Waals surface area contributed by atoms with E-state index in [-0.39, 0.29) is 6.29 Å². The maximum Gasteiger partial charge on any atom is 0.305 e. The minimum absolute atomic E-state index is 0.206. The maximum atomic E-state index is 13.0. The van der Waals surface area contributed by atoms with Gasteiger partial charge in [0.05, 0.1) is 0 Å². The molecule has 1 fully saturated rings. The van der Waals surface area contributed by atoms with E-state index in [1.165, 1.54) is 0 Å². The van der Waals surface area contributed by atoms with Crippen molar-refractivity contribution in [2.24, 2.45) is 5.92 Å². The van der Waals surface area contributed by atoms with Gasteiger partial charge in [0.25, 0.3) is 0 Å². The number of carbonyl (C=O) groups is 1. The Balaban J connectivity index is 2.47. The molecule has 0 amide bonds. The third-order valence-electron chi connectivity index (χ3n) is 2.96. The molecule has 0 N–H and O–H groups in total. The molecule has 1 aliphatic heterocycles. The number of aldehydes is 1. The molecule has 0 aromatic carbocycles. The predicted octanol–water partition coefficient (Wildman–Crippen LogP) is 1.94. The minimum atomic E-state index is -3.12. The van der Waals surface area contributed by atoms with Gasteiger partial charge in [-0.05, 0) is 39.8 Å². The number of hydrogen-bond acceptors (Lipinski definition) is 2. The summed E-state index contributed by atoms with van der Waals surface area (Å²) < 4.78 is 26.0. The lowest BCUT2D eigenvalue weighted by Gasteiger charge is -2.36. The van der Waals surface area contributed by atoms with E-state index in [4.69, 9.17) is 0 Å². The molecule has 1 aliphatic rings. The Morgan fingerprint density at radius 1 is 1.36 bits per heavy atom. The minimum Gasteiger partial charge on any atom is -0.301 e. The van der Waals surface area contributed by atoms with Gasteiger partial charge in [-0.25, -0.2) is 0 Å². The molecular formula is C10H17F2NO. The Hall–Kier alpha value is -0.510. The van der Waals surface area contributed by atoms with E-state index in [9.17, 15) is 13.6 Å². The first-order chi connectivity index (χ1) is 6.47. The second kappa shape index (κ2) is 4.34. The largest absolute Gasteiger partial charge is 0.305 e. The van der Waals surface area contributed by atoms with Crippen LogP contribution in [0.1, 0.15) is 26.7 Å². The summed E-state index contributed by atoms with van der Waals surface area (Å²) in [6, 6.07) is 0.404. The lowest BCUT2D eigenvalue weighted by Crippen LogP contribution is -2.43. The van der Waals surface area contributed by atoms with E-state index >= 15 is 0 Å². The number of alkyl halides is 2. The van der Waals surface area contributed by atoms with Crippen LogP contribution < -0.4 is 0 Å². The van der Waals surface area contributed by atoms with E-state index in [0.717, 1.165) is 0 Å². The number of rotatable bonds is 3. The zero-order valence-corrected chi connectivity index (χ0v) is 8.67. The Morgan fingerprint density at radius 2 is 1.86 bits per heavy atom. The number of nitrogens with zero attached hydrogens (tertiary/aromatic N) is 1. The first kappa shape index (κ1) is 11.6. The highest BCUT2D eigenvalue weighted by atomic mass is 19.3.